The number of ether oxygens (including phenoxy) is 1. The maximum atomic E-state index is 13.0. The third-order valence-corrected chi connectivity index (χ3v) is 3.62. The van der Waals surface area contributed by atoms with Crippen molar-refractivity contribution < 1.29 is 13.9 Å². The number of hydrogen-bond acceptors (Lipinski definition) is 3. The maximum Gasteiger partial charge on any atom is 0.338 e. The lowest BCUT2D eigenvalue weighted by molar-refractivity contribution is 0.0472. The smallest absolute Gasteiger partial charge is 0.338 e. The van der Waals surface area contributed by atoms with Gasteiger partial charge in [-0.05, 0) is 64.3 Å². The van der Waals surface area contributed by atoms with Gasteiger partial charge in [-0.1, -0.05) is 6.07 Å². The van der Waals surface area contributed by atoms with Crippen LogP contribution in [-0.4, -0.2) is 5.97 Å². The molecule has 0 saturated heterocycles. The first kappa shape index (κ1) is 14.5. The number of carbonyl (C=O) groups excluding carboxylic acids is 1. The number of anilines is 1. The molecule has 20 heavy (non-hydrogen) atoms. The van der Waals surface area contributed by atoms with E-state index in [0.717, 1.165) is 15.6 Å². The lowest BCUT2D eigenvalue weighted by Gasteiger charge is -2.08. The van der Waals surface area contributed by atoms with Crippen molar-refractivity contribution in [3.63, 3.8) is 0 Å². The van der Waals surface area contributed by atoms with Gasteiger partial charge in [0.15, 0.2) is 0 Å². The molecule has 104 valence electrons. The first-order chi connectivity index (χ1) is 9.47. The third kappa shape index (κ3) is 3.36. The Morgan fingerprint density at radius 2 is 2.05 bits per heavy atom. The Hall–Kier alpha value is -1.88. The minimum atomic E-state index is -0.465. The van der Waals surface area contributed by atoms with Crippen molar-refractivity contribution in [2.75, 3.05) is 5.73 Å². The van der Waals surface area contributed by atoms with E-state index >= 15 is 0 Å². The highest BCUT2D eigenvalue weighted by Gasteiger charge is 2.10. The summed E-state index contributed by atoms with van der Waals surface area (Å²) in [6, 6.07) is 9.21. The second-order valence-electron chi connectivity index (χ2n) is 4.38. The normalized spacial score (nSPS) is 10.3. The molecule has 0 unspecified atom stereocenters. The SMILES string of the molecule is Cc1cc(F)ccc1COC(=O)c1ccc(Br)c(N)c1. The van der Waals surface area contributed by atoms with Gasteiger partial charge in [0.05, 0.1) is 5.56 Å². The molecular formula is C15H13BrFNO2. The summed E-state index contributed by atoms with van der Waals surface area (Å²) in [4.78, 5) is 11.9. The van der Waals surface area contributed by atoms with E-state index in [9.17, 15) is 9.18 Å². The summed E-state index contributed by atoms with van der Waals surface area (Å²) in [5.74, 6) is -0.772. The van der Waals surface area contributed by atoms with Crippen LogP contribution in [0.2, 0.25) is 0 Å². The van der Waals surface area contributed by atoms with Gasteiger partial charge in [-0.15, -0.1) is 0 Å². The van der Waals surface area contributed by atoms with E-state index in [4.69, 9.17) is 10.5 Å². The molecule has 5 heteroatoms. The monoisotopic (exact) mass is 337 g/mol. The Balaban J connectivity index is 2.06. The summed E-state index contributed by atoms with van der Waals surface area (Å²) in [7, 11) is 0. The highest BCUT2D eigenvalue weighted by Crippen LogP contribution is 2.21. The zero-order chi connectivity index (χ0) is 14.7. The zero-order valence-corrected chi connectivity index (χ0v) is 12.4. The van der Waals surface area contributed by atoms with Crippen molar-refractivity contribution in [2.45, 2.75) is 13.5 Å². The largest absolute Gasteiger partial charge is 0.457 e. The van der Waals surface area contributed by atoms with E-state index in [-0.39, 0.29) is 12.4 Å². The fraction of sp³-hybridized carbons (Fsp3) is 0.133. The second kappa shape index (κ2) is 6.05. The molecule has 0 heterocycles. The first-order valence-corrected chi connectivity index (χ1v) is 6.74. The van der Waals surface area contributed by atoms with E-state index in [1.54, 1.807) is 31.2 Å². The van der Waals surface area contributed by atoms with Crippen LogP contribution >= 0.6 is 15.9 Å². The topological polar surface area (TPSA) is 52.3 Å². The number of rotatable bonds is 3. The maximum absolute atomic E-state index is 13.0. The van der Waals surface area contributed by atoms with Crippen LogP contribution in [0.4, 0.5) is 10.1 Å². The molecule has 2 N–H and O–H groups in total. The number of aryl methyl sites for hydroxylation is 1. The van der Waals surface area contributed by atoms with Crippen LogP contribution < -0.4 is 5.73 Å². The van der Waals surface area contributed by atoms with Crippen molar-refractivity contribution in [1.82, 2.24) is 0 Å². The van der Waals surface area contributed by atoms with Crippen LogP contribution in [0.1, 0.15) is 21.5 Å². The Morgan fingerprint density at radius 3 is 2.70 bits per heavy atom. The summed E-state index contributed by atoms with van der Waals surface area (Å²) >= 11 is 3.26. The van der Waals surface area contributed by atoms with Gasteiger partial charge in [-0.25, -0.2) is 9.18 Å². The number of esters is 1. The molecule has 0 bridgehead atoms. The average molecular weight is 338 g/mol. The summed E-state index contributed by atoms with van der Waals surface area (Å²) in [6.45, 7) is 1.87. The van der Waals surface area contributed by atoms with Gasteiger partial charge in [-0.3, -0.25) is 0 Å². The van der Waals surface area contributed by atoms with Crippen LogP contribution in [0.15, 0.2) is 40.9 Å². The molecule has 0 aliphatic heterocycles. The molecule has 0 saturated carbocycles. The quantitative estimate of drug-likeness (QED) is 0.683. The second-order valence-corrected chi connectivity index (χ2v) is 5.24. The predicted octanol–water partition coefficient (Wildman–Crippen LogP) is 3.84. The van der Waals surface area contributed by atoms with Crippen LogP contribution in [0.3, 0.4) is 0 Å². The Bertz CT molecular complexity index is 658. The van der Waals surface area contributed by atoms with Crippen LogP contribution in [0, 0.1) is 12.7 Å². The first-order valence-electron chi connectivity index (χ1n) is 5.94. The van der Waals surface area contributed by atoms with Gasteiger partial charge in [-0.2, -0.15) is 0 Å². The van der Waals surface area contributed by atoms with Gasteiger partial charge >= 0.3 is 5.97 Å². The summed E-state index contributed by atoms with van der Waals surface area (Å²) < 4.78 is 18.9. The number of nitrogens with two attached hydrogens (primary N) is 1. The van der Waals surface area contributed by atoms with E-state index < -0.39 is 5.97 Å². The number of carbonyl (C=O) groups is 1. The highest BCUT2D eigenvalue weighted by atomic mass is 79.9. The number of benzene rings is 2. The van der Waals surface area contributed by atoms with E-state index in [2.05, 4.69) is 15.9 Å². The van der Waals surface area contributed by atoms with Crippen molar-refractivity contribution in [2.24, 2.45) is 0 Å². The minimum Gasteiger partial charge on any atom is -0.457 e. The van der Waals surface area contributed by atoms with Crippen LogP contribution in [0.5, 0.6) is 0 Å². The lowest BCUT2D eigenvalue weighted by Crippen LogP contribution is -2.06. The lowest BCUT2D eigenvalue weighted by atomic mass is 10.1. The van der Waals surface area contributed by atoms with E-state index in [1.807, 2.05) is 0 Å². The van der Waals surface area contributed by atoms with Crippen LogP contribution in [-0.2, 0) is 11.3 Å². The third-order valence-electron chi connectivity index (χ3n) is 2.90. The molecule has 3 nitrogen and oxygen atoms in total. The summed E-state index contributed by atoms with van der Waals surface area (Å²) in [5.41, 5.74) is 8.07. The molecular weight excluding hydrogens is 325 g/mol. The van der Waals surface area contributed by atoms with Crippen molar-refractivity contribution in [1.29, 1.82) is 0 Å². The number of nitrogen functional groups attached to an aromatic ring is 1. The van der Waals surface area contributed by atoms with E-state index in [1.165, 1.54) is 12.1 Å². The molecule has 0 spiro atoms. The zero-order valence-electron chi connectivity index (χ0n) is 10.8. The molecule has 0 fully saturated rings. The van der Waals surface area contributed by atoms with E-state index in [0.29, 0.717) is 11.3 Å². The standard InChI is InChI=1S/C15H13BrFNO2/c1-9-6-12(17)4-2-11(9)8-20-15(19)10-3-5-13(16)14(18)7-10/h2-7H,8,18H2,1H3. The van der Waals surface area contributed by atoms with Crippen molar-refractivity contribution >= 4 is 27.6 Å². The molecule has 0 atom stereocenters. The van der Waals surface area contributed by atoms with Crippen molar-refractivity contribution in [3.8, 4) is 0 Å². The van der Waals surface area contributed by atoms with Crippen LogP contribution in [0.25, 0.3) is 0 Å². The Labute approximate surface area is 124 Å². The molecule has 0 aliphatic carbocycles. The molecule has 0 aliphatic rings. The van der Waals surface area contributed by atoms with Gasteiger partial charge in [0.2, 0.25) is 0 Å². The van der Waals surface area contributed by atoms with Gasteiger partial charge < -0.3 is 10.5 Å². The predicted molar refractivity (Wildman–Crippen MR) is 78.8 cm³/mol. The minimum absolute atomic E-state index is 0.0981. The molecule has 0 amide bonds. The van der Waals surface area contributed by atoms with Gasteiger partial charge in [0, 0.05) is 10.2 Å². The number of halogens is 2. The molecule has 2 aromatic carbocycles. The number of hydrogen-bond donors (Lipinski definition) is 1. The Kier molecular flexibility index (Phi) is 4.39. The molecule has 2 aromatic rings. The van der Waals surface area contributed by atoms with Gasteiger partial charge in [0.1, 0.15) is 12.4 Å². The fourth-order valence-electron chi connectivity index (χ4n) is 1.72. The van der Waals surface area contributed by atoms with Gasteiger partial charge in [0.25, 0.3) is 0 Å². The molecule has 0 radical (unpaired) electrons. The molecule has 2 rings (SSSR count). The molecule has 0 aromatic heterocycles. The fourth-order valence-corrected chi connectivity index (χ4v) is 1.97. The average Bonchev–Trinajstić information content (AvgIpc) is 2.40. The Morgan fingerprint density at radius 1 is 1.30 bits per heavy atom. The van der Waals surface area contributed by atoms with Crippen molar-refractivity contribution in [3.05, 3.63) is 63.4 Å². The highest BCUT2D eigenvalue weighted by molar-refractivity contribution is 9.10. The summed E-state index contributed by atoms with van der Waals surface area (Å²) in [6.07, 6.45) is 0. The summed E-state index contributed by atoms with van der Waals surface area (Å²) in [5, 5.41) is 0.